The van der Waals surface area contributed by atoms with Crippen molar-refractivity contribution < 1.29 is 0 Å². The van der Waals surface area contributed by atoms with Gasteiger partial charge < -0.3 is 0 Å². The van der Waals surface area contributed by atoms with Crippen LogP contribution < -0.4 is 0 Å². The van der Waals surface area contributed by atoms with E-state index in [4.69, 9.17) is 12.2 Å². The van der Waals surface area contributed by atoms with Gasteiger partial charge in [-0.1, -0.05) is 20.8 Å². The van der Waals surface area contributed by atoms with Gasteiger partial charge in [-0.2, -0.15) is 12.6 Å². The first-order valence-electron chi connectivity index (χ1n) is 1.62. The molecule has 0 aliphatic carbocycles. The molecule has 6 heavy (non-hydrogen) atoms. The average Bonchev–Trinajstić information content (AvgIpc) is 1.65. The van der Waals surface area contributed by atoms with E-state index in [-0.39, 0.29) is 0 Å². The summed E-state index contributed by atoms with van der Waals surface area (Å²) >= 11 is 8.75. The summed E-state index contributed by atoms with van der Waals surface area (Å²) in [6.45, 7) is 2.07. The molecule has 0 aromatic carbocycles. The Morgan fingerprint density at radius 3 is 2.50 bits per heavy atom. The van der Waals surface area contributed by atoms with Crippen molar-refractivity contribution >= 4 is 38.0 Å². The van der Waals surface area contributed by atoms with Crippen molar-refractivity contribution in [2.45, 2.75) is 0 Å². The Bertz CT molecular complexity index is 46.8. The highest BCUT2D eigenvalue weighted by atomic mass is 32.1. The van der Waals surface area contributed by atoms with Crippen LogP contribution >= 0.6 is 33.4 Å². The second kappa shape index (κ2) is 4.04. The van der Waals surface area contributed by atoms with E-state index in [2.05, 4.69) is 19.3 Å². The molecule has 0 spiro atoms. The summed E-state index contributed by atoms with van der Waals surface area (Å²) < 4.78 is 1.07. The first-order chi connectivity index (χ1) is 2.81. The van der Waals surface area contributed by atoms with Crippen LogP contribution in [0.25, 0.3) is 0 Å². The number of hydrogen-bond donors (Lipinski definition) is 1. The van der Waals surface area contributed by atoms with Crippen LogP contribution in [0.4, 0.5) is 0 Å². The standard InChI is InChI=1S/C3H7PS2/c1-4-3(6)2-5/h4-5H,2H2,1H3. The van der Waals surface area contributed by atoms with Gasteiger partial charge in [0.15, 0.2) is 0 Å². The number of thiocarbonyl (C=S) groups is 1. The summed E-state index contributed by atoms with van der Waals surface area (Å²) in [7, 11) is 0.787. The van der Waals surface area contributed by atoms with Gasteiger partial charge >= 0.3 is 0 Å². The summed E-state index contributed by atoms with van der Waals surface area (Å²) in [5.74, 6) is 0.768. The quantitative estimate of drug-likeness (QED) is 0.343. The average molecular weight is 138 g/mol. The Morgan fingerprint density at radius 1 is 2.00 bits per heavy atom. The number of hydrogen-bond acceptors (Lipinski definition) is 2. The predicted octanol–water partition coefficient (Wildman–Crippen LogP) is 1.55. The molecule has 0 saturated carbocycles. The van der Waals surface area contributed by atoms with Crippen molar-refractivity contribution in [3.63, 3.8) is 0 Å². The zero-order chi connectivity index (χ0) is 4.99. The molecular weight excluding hydrogens is 131 g/mol. The van der Waals surface area contributed by atoms with Crippen LogP contribution in [0.15, 0.2) is 0 Å². The van der Waals surface area contributed by atoms with Gasteiger partial charge in [-0.25, -0.2) is 0 Å². The molecule has 0 saturated heterocycles. The highest BCUT2D eigenvalue weighted by Crippen LogP contribution is 2.06. The Kier molecular flexibility index (Phi) is 4.63. The molecule has 0 heterocycles. The SMILES string of the molecule is CPC(=S)CS. The Hall–Kier alpha value is 0.870. The van der Waals surface area contributed by atoms with Gasteiger partial charge in [0, 0.05) is 10.4 Å². The third kappa shape index (κ3) is 3.08. The Balaban J connectivity index is 2.99. The van der Waals surface area contributed by atoms with E-state index in [1.165, 1.54) is 0 Å². The molecular formula is C3H7PS2. The van der Waals surface area contributed by atoms with Crippen molar-refractivity contribution in [3.05, 3.63) is 0 Å². The maximum Gasteiger partial charge on any atom is 0.0258 e. The van der Waals surface area contributed by atoms with Gasteiger partial charge in [-0.15, -0.1) is 0 Å². The van der Waals surface area contributed by atoms with Gasteiger partial charge in [0.25, 0.3) is 0 Å². The molecule has 0 rings (SSSR count). The van der Waals surface area contributed by atoms with Gasteiger partial charge in [-0.3, -0.25) is 0 Å². The predicted molar refractivity (Wildman–Crippen MR) is 40.7 cm³/mol. The van der Waals surface area contributed by atoms with E-state index in [1.54, 1.807) is 0 Å². The molecule has 0 radical (unpaired) electrons. The first kappa shape index (κ1) is 6.87. The third-order valence-corrected chi connectivity index (χ3v) is 2.74. The van der Waals surface area contributed by atoms with Crippen molar-refractivity contribution in [2.75, 3.05) is 12.4 Å². The molecule has 0 nitrogen and oxygen atoms in total. The van der Waals surface area contributed by atoms with E-state index in [1.807, 2.05) is 0 Å². The van der Waals surface area contributed by atoms with Gasteiger partial charge in [0.1, 0.15) is 0 Å². The first-order valence-corrected chi connectivity index (χ1v) is 4.16. The third-order valence-electron chi connectivity index (χ3n) is 0.422. The fraction of sp³-hybridized carbons (Fsp3) is 0.667. The molecule has 1 unspecified atom stereocenters. The fourth-order valence-electron chi connectivity index (χ4n) is 0.0791. The smallest absolute Gasteiger partial charge is 0.0258 e. The van der Waals surface area contributed by atoms with Crippen LogP contribution in [-0.2, 0) is 0 Å². The van der Waals surface area contributed by atoms with E-state index in [0.29, 0.717) is 0 Å². The minimum atomic E-state index is 0.768. The van der Waals surface area contributed by atoms with E-state index < -0.39 is 0 Å². The minimum Gasteiger partial charge on any atom is -0.174 e. The maximum atomic E-state index is 4.79. The highest BCUT2D eigenvalue weighted by Gasteiger charge is 1.81. The van der Waals surface area contributed by atoms with E-state index in [0.717, 1.165) is 18.9 Å². The van der Waals surface area contributed by atoms with Crippen molar-refractivity contribution in [2.24, 2.45) is 0 Å². The van der Waals surface area contributed by atoms with Gasteiger partial charge in [0.05, 0.1) is 0 Å². The summed E-state index contributed by atoms with van der Waals surface area (Å²) in [6, 6.07) is 0. The van der Waals surface area contributed by atoms with Crippen molar-refractivity contribution in [3.8, 4) is 0 Å². The van der Waals surface area contributed by atoms with Crippen LogP contribution in [0.3, 0.4) is 0 Å². The topological polar surface area (TPSA) is 0 Å². The Labute approximate surface area is 50.9 Å². The van der Waals surface area contributed by atoms with Crippen LogP contribution in [0.2, 0.25) is 0 Å². The fourth-order valence-corrected chi connectivity index (χ4v) is 0.712. The lowest BCUT2D eigenvalue weighted by molar-refractivity contribution is 2.16. The molecule has 0 N–H and O–H groups in total. The lowest BCUT2D eigenvalue weighted by atomic mass is 10.9. The zero-order valence-electron chi connectivity index (χ0n) is 3.56. The largest absolute Gasteiger partial charge is 0.174 e. The molecule has 1 atom stereocenters. The molecule has 0 aromatic heterocycles. The van der Waals surface area contributed by atoms with Crippen molar-refractivity contribution in [1.29, 1.82) is 0 Å². The molecule has 36 valence electrons. The zero-order valence-corrected chi connectivity index (χ0v) is 6.27. The summed E-state index contributed by atoms with van der Waals surface area (Å²) in [4.78, 5) is 0. The number of thiol groups is 1. The summed E-state index contributed by atoms with van der Waals surface area (Å²) in [6.07, 6.45) is 0. The number of rotatable bonds is 2. The maximum absolute atomic E-state index is 4.79. The molecule has 0 aliphatic heterocycles. The van der Waals surface area contributed by atoms with Crippen molar-refractivity contribution in [1.82, 2.24) is 0 Å². The van der Waals surface area contributed by atoms with E-state index >= 15 is 0 Å². The summed E-state index contributed by atoms with van der Waals surface area (Å²) in [5, 5.41) is 0. The lowest BCUT2D eigenvalue weighted by Crippen LogP contribution is -1.81. The van der Waals surface area contributed by atoms with Gasteiger partial charge in [-0.05, 0) is 6.66 Å². The molecule has 0 bridgehead atoms. The van der Waals surface area contributed by atoms with E-state index in [9.17, 15) is 0 Å². The van der Waals surface area contributed by atoms with Crippen LogP contribution in [-0.4, -0.2) is 17.0 Å². The normalized spacial score (nSPS) is 10.3. The molecule has 0 aromatic rings. The molecule has 0 aliphatic rings. The minimum absolute atomic E-state index is 0.768. The second-order valence-electron chi connectivity index (χ2n) is 0.831. The molecule has 0 fully saturated rings. The van der Waals surface area contributed by atoms with Gasteiger partial charge in [0.2, 0.25) is 0 Å². The lowest BCUT2D eigenvalue weighted by Gasteiger charge is -1.86. The molecule has 0 amide bonds. The second-order valence-corrected chi connectivity index (χ2v) is 3.11. The van der Waals surface area contributed by atoms with Crippen LogP contribution in [0.5, 0.6) is 0 Å². The highest BCUT2D eigenvalue weighted by molar-refractivity contribution is 7.96. The summed E-state index contributed by atoms with van der Waals surface area (Å²) in [5.41, 5.74) is 0. The monoisotopic (exact) mass is 138 g/mol. The Morgan fingerprint density at radius 2 is 2.50 bits per heavy atom. The van der Waals surface area contributed by atoms with Crippen LogP contribution in [0, 0.1) is 0 Å². The van der Waals surface area contributed by atoms with Crippen LogP contribution in [0.1, 0.15) is 0 Å². The molecule has 3 heteroatoms.